The number of nitrogens with zero attached hydrogens (tertiary/aromatic N) is 2. The number of carbonyl (C=O) groups excluding carboxylic acids is 1. The lowest BCUT2D eigenvalue weighted by atomic mass is 10.1. The Morgan fingerprint density at radius 1 is 1.27 bits per heavy atom. The number of nitrogens with one attached hydrogen (secondary N) is 1. The molecule has 1 amide bonds. The highest BCUT2D eigenvalue weighted by Crippen LogP contribution is 2.29. The maximum Gasteiger partial charge on any atom is 0.221 e. The highest BCUT2D eigenvalue weighted by Gasteiger charge is 2.21. The largest absolute Gasteiger partial charge is 0.497 e. The molecule has 3 aromatic rings. The van der Waals surface area contributed by atoms with Crippen LogP contribution in [0.1, 0.15) is 24.5 Å². The van der Waals surface area contributed by atoms with Gasteiger partial charge in [0.15, 0.2) is 0 Å². The minimum absolute atomic E-state index is 0.0487. The minimum Gasteiger partial charge on any atom is -0.497 e. The zero-order valence-electron chi connectivity index (χ0n) is 17.4. The van der Waals surface area contributed by atoms with Gasteiger partial charge < -0.3 is 14.8 Å². The van der Waals surface area contributed by atoms with E-state index in [1.54, 1.807) is 13.3 Å². The van der Waals surface area contributed by atoms with Crippen molar-refractivity contribution in [1.29, 1.82) is 0 Å². The van der Waals surface area contributed by atoms with Gasteiger partial charge in [-0.05, 0) is 36.8 Å². The standard InChI is InChI=1S/C24H27N3O3/c1-17-15-27(16-20-6-7-21(29-2)13-23(20)30-17)11-9-24(28)26-14-18-5-8-22-19(12-18)4-3-10-25-22/h3-8,10,12-13,17H,9,11,14-16H2,1-2H3,(H,26,28). The molecule has 1 N–H and O–H groups in total. The van der Waals surface area contributed by atoms with Gasteiger partial charge in [-0.3, -0.25) is 14.7 Å². The summed E-state index contributed by atoms with van der Waals surface area (Å²) < 4.78 is 11.3. The van der Waals surface area contributed by atoms with Crippen LogP contribution in [0.5, 0.6) is 11.5 Å². The summed E-state index contributed by atoms with van der Waals surface area (Å²) in [6.07, 6.45) is 2.29. The average molecular weight is 405 g/mol. The Morgan fingerprint density at radius 2 is 2.17 bits per heavy atom. The first-order valence-corrected chi connectivity index (χ1v) is 10.3. The third-order valence-corrected chi connectivity index (χ3v) is 5.32. The second kappa shape index (κ2) is 9.13. The van der Waals surface area contributed by atoms with Crippen molar-refractivity contribution >= 4 is 16.8 Å². The molecule has 6 nitrogen and oxygen atoms in total. The maximum absolute atomic E-state index is 12.4. The fourth-order valence-corrected chi connectivity index (χ4v) is 3.78. The molecule has 30 heavy (non-hydrogen) atoms. The van der Waals surface area contributed by atoms with E-state index in [1.165, 1.54) is 0 Å². The molecule has 0 aliphatic carbocycles. The molecule has 0 fully saturated rings. The molecule has 1 aliphatic heterocycles. The topological polar surface area (TPSA) is 63.7 Å². The van der Waals surface area contributed by atoms with E-state index in [0.29, 0.717) is 19.5 Å². The molecule has 2 heterocycles. The van der Waals surface area contributed by atoms with Gasteiger partial charge in [0.25, 0.3) is 0 Å². The summed E-state index contributed by atoms with van der Waals surface area (Å²) in [6, 6.07) is 15.9. The summed E-state index contributed by atoms with van der Waals surface area (Å²) in [5.41, 5.74) is 3.15. The van der Waals surface area contributed by atoms with E-state index in [9.17, 15) is 4.79 Å². The van der Waals surface area contributed by atoms with E-state index in [2.05, 4.69) is 28.2 Å². The number of methoxy groups -OCH3 is 1. The fourth-order valence-electron chi connectivity index (χ4n) is 3.78. The number of amides is 1. The fraction of sp³-hybridized carbons (Fsp3) is 0.333. The Bertz CT molecular complexity index is 1040. The Labute approximate surface area is 176 Å². The second-order valence-electron chi connectivity index (χ2n) is 7.69. The molecule has 4 rings (SSSR count). The Kier molecular flexibility index (Phi) is 6.14. The third kappa shape index (κ3) is 4.89. The monoisotopic (exact) mass is 405 g/mol. The van der Waals surface area contributed by atoms with Gasteiger partial charge in [-0.25, -0.2) is 0 Å². The first kappa shape index (κ1) is 20.2. The van der Waals surface area contributed by atoms with E-state index >= 15 is 0 Å². The van der Waals surface area contributed by atoms with E-state index in [1.807, 2.05) is 42.5 Å². The van der Waals surface area contributed by atoms with Gasteiger partial charge in [0, 0.05) is 55.8 Å². The normalized spacial score (nSPS) is 16.4. The zero-order chi connectivity index (χ0) is 20.9. The van der Waals surface area contributed by atoms with Gasteiger partial charge in [-0.1, -0.05) is 18.2 Å². The molecule has 1 atom stereocenters. The van der Waals surface area contributed by atoms with Crippen molar-refractivity contribution in [3.63, 3.8) is 0 Å². The van der Waals surface area contributed by atoms with Gasteiger partial charge in [0.1, 0.15) is 17.6 Å². The highest BCUT2D eigenvalue weighted by atomic mass is 16.5. The van der Waals surface area contributed by atoms with Crippen LogP contribution < -0.4 is 14.8 Å². The van der Waals surface area contributed by atoms with Crippen LogP contribution in [0.4, 0.5) is 0 Å². The van der Waals surface area contributed by atoms with E-state index in [-0.39, 0.29) is 12.0 Å². The Hall–Kier alpha value is -3.12. The number of ether oxygens (including phenoxy) is 2. The Balaban J connectivity index is 1.31. The number of hydrogen-bond acceptors (Lipinski definition) is 5. The van der Waals surface area contributed by atoms with Crippen LogP contribution in [0.2, 0.25) is 0 Å². The predicted octanol–water partition coefficient (Wildman–Crippen LogP) is 3.53. The summed E-state index contributed by atoms with van der Waals surface area (Å²) in [5.74, 6) is 1.70. The SMILES string of the molecule is COc1ccc2c(c1)OC(C)CN(CCC(=O)NCc1ccc3ncccc3c1)C2. The zero-order valence-corrected chi connectivity index (χ0v) is 17.4. The number of benzene rings is 2. The molecule has 1 aliphatic rings. The van der Waals surface area contributed by atoms with Crippen LogP contribution in [-0.4, -0.2) is 42.1 Å². The van der Waals surface area contributed by atoms with Crippen LogP contribution >= 0.6 is 0 Å². The van der Waals surface area contributed by atoms with Crippen LogP contribution in [-0.2, 0) is 17.9 Å². The lowest BCUT2D eigenvalue weighted by Crippen LogP contribution is -2.34. The van der Waals surface area contributed by atoms with Crippen molar-refractivity contribution in [1.82, 2.24) is 15.2 Å². The lowest BCUT2D eigenvalue weighted by molar-refractivity contribution is -0.121. The van der Waals surface area contributed by atoms with Gasteiger partial charge in [-0.2, -0.15) is 0 Å². The summed E-state index contributed by atoms with van der Waals surface area (Å²) in [5, 5.41) is 4.11. The third-order valence-electron chi connectivity index (χ3n) is 5.32. The predicted molar refractivity (Wildman–Crippen MR) is 117 cm³/mol. The Morgan fingerprint density at radius 3 is 3.03 bits per heavy atom. The number of fused-ring (bicyclic) bond motifs is 2. The molecule has 6 heteroatoms. The summed E-state index contributed by atoms with van der Waals surface area (Å²) >= 11 is 0. The molecule has 156 valence electrons. The van der Waals surface area contributed by atoms with Crippen molar-refractivity contribution in [3.8, 4) is 11.5 Å². The number of aromatic nitrogens is 1. The minimum atomic E-state index is 0.0487. The van der Waals surface area contributed by atoms with Gasteiger partial charge in [0.2, 0.25) is 5.91 Å². The number of pyridine rings is 1. The molecule has 0 radical (unpaired) electrons. The molecule has 0 bridgehead atoms. The van der Waals surface area contributed by atoms with E-state index in [4.69, 9.17) is 9.47 Å². The lowest BCUT2D eigenvalue weighted by Gasteiger charge is -2.21. The van der Waals surface area contributed by atoms with Crippen molar-refractivity contribution < 1.29 is 14.3 Å². The summed E-state index contributed by atoms with van der Waals surface area (Å²) in [7, 11) is 1.65. The second-order valence-corrected chi connectivity index (χ2v) is 7.69. The molecular weight excluding hydrogens is 378 g/mol. The quantitative estimate of drug-likeness (QED) is 0.680. The van der Waals surface area contributed by atoms with Crippen LogP contribution in [0.15, 0.2) is 54.7 Å². The molecule has 0 spiro atoms. The van der Waals surface area contributed by atoms with Crippen molar-refractivity contribution in [2.75, 3.05) is 20.2 Å². The highest BCUT2D eigenvalue weighted by molar-refractivity contribution is 5.79. The molecule has 1 aromatic heterocycles. The summed E-state index contributed by atoms with van der Waals surface area (Å²) in [6.45, 7) is 4.80. The number of hydrogen-bond donors (Lipinski definition) is 1. The van der Waals surface area contributed by atoms with Crippen LogP contribution in [0, 0.1) is 0 Å². The average Bonchev–Trinajstić information content (AvgIpc) is 2.92. The van der Waals surface area contributed by atoms with E-state index < -0.39 is 0 Å². The van der Waals surface area contributed by atoms with Gasteiger partial charge in [0.05, 0.1) is 12.6 Å². The van der Waals surface area contributed by atoms with Crippen molar-refractivity contribution in [3.05, 3.63) is 65.9 Å². The molecule has 1 unspecified atom stereocenters. The molecule has 2 aromatic carbocycles. The molecule has 0 saturated heterocycles. The number of rotatable bonds is 6. The smallest absolute Gasteiger partial charge is 0.221 e. The first-order valence-electron chi connectivity index (χ1n) is 10.3. The van der Waals surface area contributed by atoms with Crippen molar-refractivity contribution in [2.45, 2.75) is 32.5 Å². The molecule has 0 saturated carbocycles. The maximum atomic E-state index is 12.4. The van der Waals surface area contributed by atoms with Crippen molar-refractivity contribution in [2.24, 2.45) is 0 Å². The molecular formula is C24H27N3O3. The van der Waals surface area contributed by atoms with E-state index in [0.717, 1.165) is 46.6 Å². The van der Waals surface area contributed by atoms with Gasteiger partial charge >= 0.3 is 0 Å². The van der Waals surface area contributed by atoms with Gasteiger partial charge in [-0.15, -0.1) is 0 Å². The van der Waals surface area contributed by atoms with Crippen LogP contribution in [0.25, 0.3) is 10.9 Å². The first-order chi connectivity index (χ1) is 14.6. The number of carbonyl (C=O) groups is 1. The van der Waals surface area contributed by atoms with Crippen LogP contribution in [0.3, 0.4) is 0 Å². The summed E-state index contributed by atoms with van der Waals surface area (Å²) in [4.78, 5) is 19.0.